The third-order valence-electron chi connectivity index (χ3n) is 3.75. The summed E-state index contributed by atoms with van der Waals surface area (Å²) in [4.78, 5) is 2.69. The Kier molecular flexibility index (Phi) is 6.26. The van der Waals surface area contributed by atoms with Crippen molar-refractivity contribution in [3.8, 4) is 0 Å². The van der Waals surface area contributed by atoms with Crippen LogP contribution in [0.1, 0.15) is 58.8 Å². The SMILES string of the molecule is CCC1CCC(C)N1CCCCCCO. The summed E-state index contributed by atoms with van der Waals surface area (Å²) in [6.07, 6.45) is 8.84. The normalized spacial score (nSPS) is 27.4. The lowest BCUT2D eigenvalue weighted by atomic mass is 10.1. The van der Waals surface area contributed by atoms with Crippen molar-refractivity contribution in [3.05, 3.63) is 0 Å². The number of aliphatic hydroxyl groups is 1. The highest BCUT2D eigenvalue weighted by Crippen LogP contribution is 2.26. The van der Waals surface area contributed by atoms with E-state index in [0.29, 0.717) is 6.61 Å². The first kappa shape index (κ1) is 13.0. The summed E-state index contributed by atoms with van der Waals surface area (Å²) in [5.41, 5.74) is 0. The van der Waals surface area contributed by atoms with Gasteiger partial charge in [-0.25, -0.2) is 0 Å². The topological polar surface area (TPSA) is 23.5 Å². The molecule has 2 heteroatoms. The average Bonchev–Trinajstić information content (AvgIpc) is 2.60. The van der Waals surface area contributed by atoms with Crippen LogP contribution in [-0.2, 0) is 0 Å². The molecule has 2 atom stereocenters. The maximum Gasteiger partial charge on any atom is 0.0431 e. The van der Waals surface area contributed by atoms with Crippen molar-refractivity contribution in [3.63, 3.8) is 0 Å². The van der Waals surface area contributed by atoms with Crippen molar-refractivity contribution in [2.24, 2.45) is 0 Å². The standard InChI is InChI=1S/C13H27NO/c1-3-13-9-8-12(2)14(13)10-6-4-5-7-11-15/h12-13,15H,3-11H2,1-2H3. The maximum atomic E-state index is 8.69. The summed E-state index contributed by atoms with van der Waals surface area (Å²) in [5.74, 6) is 0. The summed E-state index contributed by atoms with van der Waals surface area (Å²) in [6.45, 7) is 6.30. The Hall–Kier alpha value is -0.0800. The van der Waals surface area contributed by atoms with Crippen LogP contribution < -0.4 is 0 Å². The molecule has 1 fully saturated rings. The van der Waals surface area contributed by atoms with E-state index in [1.54, 1.807) is 0 Å². The summed E-state index contributed by atoms with van der Waals surface area (Å²) < 4.78 is 0. The van der Waals surface area contributed by atoms with Gasteiger partial charge >= 0.3 is 0 Å². The van der Waals surface area contributed by atoms with Crippen LogP contribution in [0.15, 0.2) is 0 Å². The number of nitrogens with zero attached hydrogens (tertiary/aromatic N) is 1. The van der Waals surface area contributed by atoms with Gasteiger partial charge in [0.15, 0.2) is 0 Å². The minimum atomic E-state index is 0.359. The second-order valence-corrected chi connectivity index (χ2v) is 4.86. The molecule has 1 rings (SSSR count). The molecule has 1 saturated heterocycles. The highest BCUT2D eigenvalue weighted by atomic mass is 16.2. The molecule has 2 unspecified atom stereocenters. The van der Waals surface area contributed by atoms with E-state index >= 15 is 0 Å². The smallest absolute Gasteiger partial charge is 0.0431 e. The van der Waals surface area contributed by atoms with Crippen LogP contribution in [-0.4, -0.2) is 35.2 Å². The molecule has 15 heavy (non-hydrogen) atoms. The van der Waals surface area contributed by atoms with Gasteiger partial charge in [-0.05, 0) is 45.6 Å². The molecule has 0 saturated carbocycles. The van der Waals surface area contributed by atoms with E-state index in [4.69, 9.17) is 5.11 Å². The maximum absolute atomic E-state index is 8.69. The Labute approximate surface area is 94.7 Å². The number of hydrogen-bond donors (Lipinski definition) is 1. The van der Waals surface area contributed by atoms with Gasteiger partial charge in [0.05, 0.1) is 0 Å². The zero-order chi connectivity index (χ0) is 11.1. The fourth-order valence-corrected chi connectivity index (χ4v) is 2.73. The van der Waals surface area contributed by atoms with Crippen LogP contribution in [0.4, 0.5) is 0 Å². The lowest BCUT2D eigenvalue weighted by Crippen LogP contribution is -2.34. The van der Waals surface area contributed by atoms with Crippen LogP contribution in [0.3, 0.4) is 0 Å². The zero-order valence-corrected chi connectivity index (χ0v) is 10.4. The molecule has 0 aromatic rings. The molecule has 0 spiro atoms. The Morgan fingerprint density at radius 1 is 1.13 bits per heavy atom. The molecular weight excluding hydrogens is 186 g/mol. The highest BCUT2D eigenvalue weighted by molar-refractivity contribution is 4.83. The molecule has 90 valence electrons. The quantitative estimate of drug-likeness (QED) is 0.657. The van der Waals surface area contributed by atoms with Crippen molar-refractivity contribution >= 4 is 0 Å². The van der Waals surface area contributed by atoms with Gasteiger partial charge < -0.3 is 5.11 Å². The Morgan fingerprint density at radius 2 is 1.87 bits per heavy atom. The molecule has 0 radical (unpaired) electrons. The fraction of sp³-hybridized carbons (Fsp3) is 1.00. The van der Waals surface area contributed by atoms with E-state index < -0.39 is 0 Å². The number of unbranched alkanes of at least 4 members (excludes halogenated alkanes) is 3. The molecule has 1 N–H and O–H groups in total. The predicted octanol–water partition coefficient (Wildman–Crippen LogP) is 2.80. The van der Waals surface area contributed by atoms with Gasteiger partial charge in [-0.3, -0.25) is 4.90 Å². The van der Waals surface area contributed by atoms with Crippen LogP contribution in [0.5, 0.6) is 0 Å². The van der Waals surface area contributed by atoms with Gasteiger partial charge in [-0.2, -0.15) is 0 Å². The molecule has 1 aliphatic heterocycles. The van der Waals surface area contributed by atoms with Gasteiger partial charge in [0.25, 0.3) is 0 Å². The molecule has 0 aromatic carbocycles. The Bertz CT molecular complexity index is 161. The third kappa shape index (κ3) is 4.12. The van der Waals surface area contributed by atoms with Crippen LogP contribution in [0, 0.1) is 0 Å². The first-order chi connectivity index (χ1) is 7.29. The van der Waals surface area contributed by atoms with Crippen LogP contribution in [0.2, 0.25) is 0 Å². The lowest BCUT2D eigenvalue weighted by Gasteiger charge is -2.27. The average molecular weight is 213 g/mol. The van der Waals surface area contributed by atoms with E-state index in [1.165, 1.54) is 45.1 Å². The first-order valence-corrected chi connectivity index (χ1v) is 6.66. The van der Waals surface area contributed by atoms with Gasteiger partial charge in [-0.15, -0.1) is 0 Å². The van der Waals surface area contributed by atoms with Crippen LogP contribution >= 0.6 is 0 Å². The van der Waals surface area contributed by atoms with Crippen molar-refractivity contribution in [2.45, 2.75) is 70.9 Å². The molecule has 1 heterocycles. The largest absolute Gasteiger partial charge is 0.396 e. The lowest BCUT2D eigenvalue weighted by molar-refractivity contribution is 0.193. The molecule has 1 aliphatic rings. The molecule has 2 nitrogen and oxygen atoms in total. The molecule has 0 amide bonds. The minimum Gasteiger partial charge on any atom is -0.396 e. The van der Waals surface area contributed by atoms with E-state index in [9.17, 15) is 0 Å². The second kappa shape index (κ2) is 7.24. The molecule has 0 aliphatic carbocycles. The van der Waals surface area contributed by atoms with Gasteiger partial charge in [0.2, 0.25) is 0 Å². The number of likely N-dealkylation sites (tertiary alicyclic amines) is 1. The number of aliphatic hydroxyl groups excluding tert-OH is 1. The Balaban J connectivity index is 2.13. The van der Waals surface area contributed by atoms with Crippen molar-refractivity contribution in [1.82, 2.24) is 4.90 Å². The van der Waals surface area contributed by atoms with E-state index in [-0.39, 0.29) is 0 Å². The zero-order valence-electron chi connectivity index (χ0n) is 10.4. The summed E-state index contributed by atoms with van der Waals surface area (Å²) in [6, 6.07) is 1.64. The van der Waals surface area contributed by atoms with Crippen molar-refractivity contribution in [2.75, 3.05) is 13.2 Å². The monoisotopic (exact) mass is 213 g/mol. The van der Waals surface area contributed by atoms with Gasteiger partial charge in [0.1, 0.15) is 0 Å². The highest BCUT2D eigenvalue weighted by Gasteiger charge is 2.28. The molecular formula is C13H27NO. The third-order valence-corrected chi connectivity index (χ3v) is 3.75. The first-order valence-electron chi connectivity index (χ1n) is 6.66. The summed E-state index contributed by atoms with van der Waals surface area (Å²) >= 11 is 0. The van der Waals surface area contributed by atoms with Gasteiger partial charge in [-0.1, -0.05) is 19.8 Å². The van der Waals surface area contributed by atoms with E-state index in [1.807, 2.05) is 0 Å². The van der Waals surface area contributed by atoms with Crippen molar-refractivity contribution < 1.29 is 5.11 Å². The fourth-order valence-electron chi connectivity index (χ4n) is 2.73. The Morgan fingerprint density at radius 3 is 2.53 bits per heavy atom. The minimum absolute atomic E-state index is 0.359. The summed E-state index contributed by atoms with van der Waals surface area (Å²) in [7, 11) is 0. The number of rotatable bonds is 7. The summed E-state index contributed by atoms with van der Waals surface area (Å²) in [5, 5.41) is 8.69. The molecule has 0 bridgehead atoms. The van der Waals surface area contributed by atoms with Crippen LogP contribution in [0.25, 0.3) is 0 Å². The number of hydrogen-bond acceptors (Lipinski definition) is 2. The van der Waals surface area contributed by atoms with Gasteiger partial charge in [0, 0.05) is 18.7 Å². The second-order valence-electron chi connectivity index (χ2n) is 4.86. The van der Waals surface area contributed by atoms with Crippen molar-refractivity contribution in [1.29, 1.82) is 0 Å². The molecule has 0 aromatic heterocycles. The van der Waals surface area contributed by atoms with E-state index in [0.717, 1.165) is 18.5 Å². The van der Waals surface area contributed by atoms with E-state index in [2.05, 4.69) is 18.7 Å². The predicted molar refractivity (Wildman–Crippen MR) is 65.0 cm³/mol.